The van der Waals surface area contributed by atoms with E-state index >= 15 is 0 Å². The molecule has 3 atom stereocenters. The number of halogens is 2. The fourth-order valence-electron chi connectivity index (χ4n) is 4.64. The third-order valence-corrected chi connectivity index (χ3v) is 7.37. The Labute approximate surface area is 169 Å². The van der Waals surface area contributed by atoms with Crippen molar-refractivity contribution in [3.8, 4) is 0 Å². The number of rotatable bonds is 9. The predicted molar refractivity (Wildman–Crippen MR) is 107 cm³/mol. The van der Waals surface area contributed by atoms with Gasteiger partial charge in [0.15, 0.2) is 0 Å². The van der Waals surface area contributed by atoms with Crippen molar-refractivity contribution in [1.29, 1.82) is 0 Å². The summed E-state index contributed by atoms with van der Waals surface area (Å²) >= 11 is 10.9. The highest BCUT2D eigenvalue weighted by Gasteiger charge is 2.66. The molecule has 1 saturated carbocycles. The fraction of sp³-hybridized carbons (Fsp3) is 0.684. The lowest BCUT2D eigenvalue weighted by Crippen LogP contribution is -2.30. The average molecular weight is 418 g/mol. The van der Waals surface area contributed by atoms with Gasteiger partial charge in [-0.1, -0.05) is 62.4 Å². The standard InChI is InChI=1S/C19H28Cl2N2O2S/c1-3-4-5-6-9-23-11-14-15(12-23)19(14,2)17-16(20)8-7-13(18(17)21)10-22-26(24)25/h7-8,14-15,22H,3-6,9-12H2,1-2H3,(H,24,25)/p-1. The molecular weight excluding hydrogens is 391 g/mol. The molecular formula is C19H27Cl2N2O2S-. The Kier molecular flexibility index (Phi) is 6.69. The molecule has 3 unspecified atom stereocenters. The largest absolute Gasteiger partial charge is 0.760 e. The van der Waals surface area contributed by atoms with E-state index in [1.807, 2.05) is 6.07 Å². The normalized spacial score (nSPS) is 29.0. The summed E-state index contributed by atoms with van der Waals surface area (Å²) in [4.78, 5) is 2.57. The molecule has 1 aromatic carbocycles. The zero-order valence-corrected chi connectivity index (χ0v) is 17.7. The predicted octanol–water partition coefficient (Wildman–Crippen LogP) is 4.28. The van der Waals surface area contributed by atoms with Crippen LogP contribution >= 0.6 is 23.2 Å². The Bertz CT molecular complexity index is 674. The molecule has 1 heterocycles. The van der Waals surface area contributed by atoms with Crippen LogP contribution in [0.4, 0.5) is 0 Å². The van der Waals surface area contributed by atoms with Gasteiger partial charge in [-0.2, -0.15) is 0 Å². The Morgan fingerprint density at radius 3 is 2.58 bits per heavy atom. The first-order chi connectivity index (χ1) is 12.4. The first-order valence-electron chi connectivity index (χ1n) is 9.42. The van der Waals surface area contributed by atoms with Crippen LogP contribution < -0.4 is 4.72 Å². The van der Waals surface area contributed by atoms with Crippen LogP contribution in [-0.4, -0.2) is 33.3 Å². The number of fused-ring (bicyclic) bond motifs is 1. The first-order valence-corrected chi connectivity index (χ1v) is 11.2. The van der Waals surface area contributed by atoms with Crippen molar-refractivity contribution in [3.63, 3.8) is 0 Å². The highest BCUT2D eigenvalue weighted by Crippen LogP contribution is 2.65. The van der Waals surface area contributed by atoms with Crippen molar-refractivity contribution in [1.82, 2.24) is 9.62 Å². The van der Waals surface area contributed by atoms with Gasteiger partial charge in [-0.3, -0.25) is 4.21 Å². The lowest BCUT2D eigenvalue weighted by Gasteiger charge is -2.26. The van der Waals surface area contributed by atoms with E-state index in [9.17, 15) is 8.76 Å². The van der Waals surface area contributed by atoms with E-state index < -0.39 is 11.3 Å². The monoisotopic (exact) mass is 417 g/mol. The molecule has 146 valence electrons. The number of nitrogens with one attached hydrogen (secondary N) is 1. The Morgan fingerprint density at radius 1 is 1.27 bits per heavy atom. The van der Waals surface area contributed by atoms with E-state index in [0.717, 1.165) is 24.2 Å². The maximum atomic E-state index is 10.8. The number of benzene rings is 1. The van der Waals surface area contributed by atoms with Gasteiger partial charge in [0, 0.05) is 41.3 Å². The Hall–Kier alpha value is -0.170. The summed E-state index contributed by atoms with van der Waals surface area (Å²) in [7, 11) is 0. The summed E-state index contributed by atoms with van der Waals surface area (Å²) in [6.45, 7) is 8.08. The maximum absolute atomic E-state index is 10.8. The molecule has 0 radical (unpaired) electrons. The molecule has 26 heavy (non-hydrogen) atoms. The van der Waals surface area contributed by atoms with Crippen molar-refractivity contribution >= 4 is 34.5 Å². The summed E-state index contributed by atoms with van der Waals surface area (Å²) in [5, 5.41) is 1.30. The third-order valence-electron chi connectivity index (χ3n) is 6.25. The molecule has 0 amide bonds. The molecule has 0 aromatic heterocycles. The highest BCUT2D eigenvalue weighted by atomic mass is 35.5. The second-order valence-corrected chi connectivity index (χ2v) is 9.31. The lowest BCUT2D eigenvalue weighted by molar-refractivity contribution is 0.271. The van der Waals surface area contributed by atoms with Crippen LogP contribution in [0.15, 0.2) is 12.1 Å². The smallest absolute Gasteiger partial charge is 0.0503 e. The van der Waals surface area contributed by atoms with Crippen molar-refractivity contribution in [2.24, 2.45) is 11.8 Å². The fourth-order valence-corrected chi connectivity index (χ4v) is 5.76. The molecule has 3 rings (SSSR count). The molecule has 1 aliphatic carbocycles. The summed E-state index contributed by atoms with van der Waals surface area (Å²) in [5.41, 5.74) is 1.77. The minimum absolute atomic E-state index is 0.000706. The average Bonchev–Trinajstić information content (AvgIpc) is 2.95. The molecule has 7 heteroatoms. The van der Waals surface area contributed by atoms with Gasteiger partial charge < -0.3 is 9.45 Å². The van der Waals surface area contributed by atoms with Crippen LogP contribution in [0, 0.1) is 11.8 Å². The SMILES string of the molecule is CCCCCCN1CC2C(C1)C2(C)c1c(Cl)ccc(CNS(=O)[O-])c1Cl. The van der Waals surface area contributed by atoms with Crippen molar-refractivity contribution in [2.45, 2.75) is 51.5 Å². The second-order valence-electron chi connectivity index (χ2n) is 7.77. The van der Waals surface area contributed by atoms with Crippen LogP contribution in [-0.2, 0) is 23.2 Å². The van der Waals surface area contributed by atoms with Crippen molar-refractivity contribution < 1.29 is 8.76 Å². The Morgan fingerprint density at radius 2 is 1.96 bits per heavy atom. The molecule has 0 spiro atoms. The van der Waals surface area contributed by atoms with Gasteiger partial charge in [0.1, 0.15) is 0 Å². The van der Waals surface area contributed by atoms with Gasteiger partial charge >= 0.3 is 0 Å². The molecule has 1 aromatic rings. The molecule has 1 N–H and O–H groups in total. The van der Waals surface area contributed by atoms with Crippen LogP contribution in [0.3, 0.4) is 0 Å². The van der Waals surface area contributed by atoms with Gasteiger partial charge in [-0.25, -0.2) is 4.72 Å². The number of unbranched alkanes of at least 4 members (excludes halogenated alkanes) is 3. The third kappa shape index (κ3) is 3.98. The van der Waals surface area contributed by atoms with Crippen molar-refractivity contribution in [3.05, 3.63) is 33.3 Å². The van der Waals surface area contributed by atoms with E-state index in [-0.39, 0.29) is 12.0 Å². The number of nitrogens with zero attached hydrogens (tertiary/aromatic N) is 1. The quantitative estimate of drug-likeness (QED) is 0.481. The molecule has 2 fully saturated rings. The summed E-state index contributed by atoms with van der Waals surface area (Å²) in [6.07, 6.45) is 5.18. The van der Waals surface area contributed by atoms with E-state index in [1.54, 1.807) is 6.07 Å². The Balaban J connectivity index is 1.67. The minimum Gasteiger partial charge on any atom is -0.760 e. The zero-order valence-electron chi connectivity index (χ0n) is 15.4. The van der Waals surface area contributed by atoms with Gasteiger partial charge in [0.05, 0.1) is 5.02 Å². The van der Waals surface area contributed by atoms with Crippen LogP contribution in [0.25, 0.3) is 0 Å². The van der Waals surface area contributed by atoms with E-state index in [2.05, 4.69) is 23.5 Å². The van der Waals surface area contributed by atoms with E-state index in [0.29, 0.717) is 21.9 Å². The topological polar surface area (TPSA) is 55.4 Å². The number of hydrogen-bond acceptors (Lipinski definition) is 3. The molecule has 0 bridgehead atoms. The van der Waals surface area contributed by atoms with Crippen molar-refractivity contribution in [2.75, 3.05) is 19.6 Å². The maximum Gasteiger partial charge on any atom is 0.0503 e. The first kappa shape index (κ1) is 20.6. The zero-order chi connectivity index (χ0) is 18.9. The summed E-state index contributed by atoms with van der Waals surface area (Å²) < 4.78 is 24.0. The molecule has 4 nitrogen and oxygen atoms in total. The molecule has 2 aliphatic rings. The second kappa shape index (κ2) is 8.46. The highest BCUT2D eigenvalue weighted by molar-refractivity contribution is 7.77. The number of hydrogen-bond donors (Lipinski definition) is 1. The number of likely N-dealkylation sites (tertiary alicyclic amines) is 1. The van der Waals surface area contributed by atoms with Gasteiger partial charge in [-0.05, 0) is 42.0 Å². The lowest BCUT2D eigenvalue weighted by atomic mass is 9.90. The van der Waals surface area contributed by atoms with Crippen LogP contribution in [0.5, 0.6) is 0 Å². The van der Waals surface area contributed by atoms with Crippen LogP contribution in [0.1, 0.15) is 50.7 Å². The van der Waals surface area contributed by atoms with Gasteiger partial charge in [-0.15, -0.1) is 0 Å². The summed E-state index contributed by atoms with van der Waals surface area (Å²) in [5.74, 6) is 1.17. The summed E-state index contributed by atoms with van der Waals surface area (Å²) in [6, 6.07) is 3.64. The molecule has 1 saturated heterocycles. The van der Waals surface area contributed by atoms with Gasteiger partial charge in [0.25, 0.3) is 0 Å². The van der Waals surface area contributed by atoms with E-state index in [4.69, 9.17) is 23.2 Å². The van der Waals surface area contributed by atoms with E-state index in [1.165, 1.54) is 32.2 Å². The van der Waals surface area contributed by atoms with Crippen LogP contribution in [0.2, 0.25) is 10.0 Å². The van der Waals surface area contributed by atoms with Gasteiger partial charge in [0.2, 0.25) is 0 Å². The molecule has 1 aliphatic heterocycles. The minimum atomic E-state index is -2.30. The number of piperidine rings is 1.